The summed E-state index contributed by atoms with van der Waals surface area (Å²) in [5.41, 5.74) is 5.50. The summed E-state index contributed by atoms with van der Waals surface area (Å²) >= 11 is 4.94. The summed E-state index contributed by atoms with van der Waals surface area (Å²) in [6, 6.07) is 0. The first kappa shape index (κ1) is 29.2. The van der Waals surface area contributed by atoms with Gasteiger partial charge in [0.05, 0.1) is 6.61 Å². The van der Waals surface area contributed by atoms with Crippen LogP contribution in [-0.4, -0.2) is 24.1 Å². The molecule has 0 amide bonds. The van der Waals surface area contributed by atoms with Crippen molar-refractivity contribution in [3.8, 4) is 0 Å². The van der Waals surface area contributed by atoms with Crippen molar-refractivity contribution >= 4 is 11.6 Å². The van der Waals surface area contributed by atoms with Crippen LogP contribution in [0.5, 0.6) is 0 Å². The first-order valence-corrected chi connectivity index (χ1v) is 12.4. The summed E-state index contributed by atoms with van der Waals surface area (Å²) < 4.78 is 0. The molecule has 3 N–H and O–H groups in total. The van der Waals surface area contributed by atoms with Gasteiger partial charge in [0.15, 0.2) is 0 Å². The highest BCUT2D eigenvalue weighted by atomic mass is 35.5. The summed E-state index contributed by atoms with van der Waals surface area (Å²) in [5, 5.41) is 7.74. The van der Waals surface area contributed by atoms with Crippen LogP contribution in [0.4, 0.5) is 0 Å². The fraction of sp³-hybridized carbons (Fsp3) is 0.917. The number of hydrogen-bond acceptors (Lipinski definition) is 2. The standard InChI is InChI=1S/C22H45N.C2H5ClO/c1-2-3-4-5-6-7-8-9-10-11-12-13-14-15-16-17-18-19-20-21-22-23;3-1-2-4/h9-10H,2-8,11-23H2,1H3;4H,1-2H2/b10-9-;. The molecule has 0 fully saturated rings. The molecule has 2 nitrogen and oxygen atoms in total. The van der Waals surface area contributed by atoms with E-state index in [4.69, 9.17) is 22.4 Å². The molecule has 0 aromatic carbocycles. The average Bonchev–Trinajstić information content (AvgIpc) is 2.70. The van der Waals surface area contributed by atoms with Gasteiger partial charge in [0, 0.05) is 5.88 Å². The van der Waals surface area contributed by atoms with E-state index in [1.54, 1.807) is 0 Å². The highest BCUT2D eigenvalue weighted by Crippen LogP contribution is 2.12. The third-order valence-corrected chi connectivity index (χ3v) is 4.97. The lowest BCUT2D eigenvalue weighted by Crippen LogP contribution is -1.97. The SMILES string of the molecule is CCCCCCCC/C=C\CCCCCCCCCCCCN.OCCCl. The topological polar surface area (TPSA) is 46.2 Å². The molecule has 0 saturated carbocycles. The molecule has 0 atom stereocenters. The highest BCUT2D eigenvalue weighted by Gasteiger charge is 1.92. The zero-order valence-corrected chi connectivity index (χ0v) is 19.2. The number of aliphatic hydroxyl groups is 1. The minimum atomic E-state index is 0.0849. The van der Waals surface area contributed by atoms with E-state index in [0.717, 1.165) is 6.54 Å². The molecule has 0 unspecified atom stereocenters. The van der Waals surface area contributed by atoms with Gasteiger partial charge >= 0.3 is 0 Å². The van der Waals surface area contributed by atoms with Gasteiger partial charge in [-0.05, 0) is 38.6 Å². The number of hydrogen-bond donors (Lipinski definition) is 2. The van der Waals surface area contributed by atoms with E-state index in [0.29, 0.717) is 5.88 Å². The molecule has 0 aromatic heterocycles. The van der Waals surface area contributed by atoms with Gasteiger partial charge in [-0.3, -0.25) is 0 Å². The van der Waals surface area contributed by atoms with E-state index < -0.39 is 0 Å². The van der Waals surface area contributed by atoms with Crippen LogP contribution in [0.3, 0.4) is 0 Å². The molecule has 0 bridgehead atoms. The Hall–Kier alpha value is -0.0500. The van der Waals surface area contributed by atoms with Gasteiger partial charge in [0.25, 0.3) is 0 Å². The van der Waals surface area contributed by atoms with Crippen LogP contribution in [0.15, 0.2) is 12.2 Å². The van der Waals surface area contributed by atoms with Gasteiger partial charge in [-0.1, -0.05) is 103 Å². The number of alkyl halides is 1. The Bertz CT molecular complexity index is 257. The normalized spacial score (nSPS) is 11.0. The molecule has 0 heterocycles. The van der Waals surface area contributed by atoms with E-state index in [1.807, 2.05) is 0 Å². The van der Waals surface area contributed by atoms with Crippen LogP contribution in [-0.2, 0) is 0 Å². The largest absolute Gasteiger partial charge is 0.395 e. The summed E-state index contributed by atoms with van der Waals surface area (Å²) in [4.78, 5) is 0. The minimum Gasteiger partial charge on any atom is -0.395 e. The molecule has 0 aliphatic carbocycles. The van der Waals surface area contributed by atoms with Crippen molar-refractivity contribution in [1.29, 1.82) is 0 Å². The van der Waals surface area contributed by atoms with Crippen LogP contribution >= 0.6 is 11.6 Å². The van der Waals surface area contributed by atoms with Crippen LogP contribution in [0.1, 0.15) is 122 Å². The van der Waals surface area contributed by atoms with Crippen molar-refractivity contribution in [1.82, 2.24) is 0 Å². The first-order chi connectivity index (χ1) is 13.3. The number of allylic oxidation sites excluding steroid dienone is 2. The van der Waals surface area contributed by atoms with Gasteiger partial charge in [-0.15, -0.1) is 11.6 Å². The third-order valence-electron chi connectivity index (χ3n) is 4.80. The summed E-state index contributed by atoms with van der Waals surface area (Å²) in [7, 11) is 0. The molecule has 0 aliphatic rings. The maximum Gasteiger partial charge on any atom is 0.0566 e. The van der Waals surface area contributed by atoms with Crippen molar-refractivity contribution in [2.24, 2.45) is 5.73 Å². The van der Waals surface area contributed by atoms with E-state index in [9.17, 15) is 0 Å². The van der Waals surface area contributed by atoms with Crippen LogP contribution in [0, 0.1) is 0 Å². The average molecular weight is 404 g/mol. The summed E-state index contributed by atoms with van der Waals surface area (Å²) in [5.74, 6) is 0.347. The lowest BCUT2D eigenvalue weighted by molar-refractivity contribution is 0.321. The Morgan fingerprint density at radius 2 is 0.963 bits per heavy atom. The summed E-state index contributed by atoms with van der Waals surface area (Å²) in [6.07, 6.45) is 29.8. The predicted molar refractivity (Wildman–Crippen MR) is 125 cm³/mol. The molecule has 0 rings (SSSR count). The van der Waals surface area contributed by atoms with Gasteiger partial charge in [-0.2, -0.15) is 0 Å². The Labute approximate surface area is 176 Å². The molecule has 3 heteroatoms. The lowest BCUT2D eigenvalue weighted by Gasteiger charge is -2.01. The maximum absolute atomic E-state index is 7.74. The molecular weight excluding hydrogens is 354 g/mol. The van der Waals surface area contributed by atoms with E-state index in [-0.39, 0.29) is 6.61 Å². The second-order valence-corrected chi connectivity index (χ2v) is 7.93. The Balaban J connectivity index is 0. The Kier molecular flexibility index (Phi) is 33.1. The summed E-state index contributed by atoms with van der Waals surface area (Å²) in [6.45, 7) is 3.24. The van der Waals surface area contributed by atoms with Gasteiger partial charge in [-0.25, -0.2) is 0 Å². The van der Waals surface area contributed by atoms with E-state index >= 15 is 0 Å². The highest BCUT2D eigenvalue weighted by molar-refractivity contribution is 6.17. The monoisotopic (exact) mass is 403 g/mol. The number of aliphatic hydroxyl groups excluding tert-OH is 1. The lowest BCUT2D eigenvalue weighted by atomic mass is 10.1. The van der Waals surface area contributed by atoms with Crippen LogP contribution in [0.25, 0.3) is 0 Å². The zero-order valence-electron chi connectivity index (χ0n) is 18.4. The van der Waals surface area contributed by atoms with E-state index in [1.165, 1.54) is 116 Å². The van der Waals surface area contributed by atoms with Crippen molar-refractivity contribution in [2.45, 2.75) is 122 Å². The van der Waals surface area contributed by atoms with Crippen molar-refractivity contribution in [2.75, 3.05) is 19.0 Å². The fourth-order valence-electron chi connectivity index (χ4n) is 3.10. The number of unbranched alkanes of at least 4 members (excludes halogenated alkanes) is 16. The van der Waals surface area contributed by atoms with E-state index in [2.05, 4.69) is 19.1 Å². The molecule has 0 radical (unpaired) electrons. The molecule has 164 valence electrons. The Morgan fingerprint density at radius 1 is 0.630 bits per heavy atom. The molecule has 0 saturated heterocycles. The number of halogens is 1. The Morgan fingerprint density at radius 3 is 1.30 bits per heavy atom. The number of nitrogens with two attached hydrogens (primary N) is 1. The maximum atomic E-state index is 7.74. The molecule has 27 heavy (non-hydrogen) atoms. The minimum absolute atomic E-state index is 0.0849. The molecule has 0 spiro atoms. The molecular formula is C24H50ClNO. The van der Waals surface area contributed by atoms with Crippen molar-refractivity contribution in [3.05, 3.63) is 12.2 Å². The molecule has 0 aliphatic heterocycles. The second kappa shape index (κ2) is 30.7. The quantitative estimate of drug-likeness (QED) is 0.124. The smallest absolute Gasteiger partial charge is 0.0566 e. The van der Waals surface area contributed by atoms with Crippen LogP contribution in [0.2, 0.25) is 0 Å². The van der Waals surface area contributed by atoms with Crippen molar-refractivity contribution in [3.63, 3.8) is 0 Å². The van der Waals surface area contributed by atoms with Gasteiger partial charge < -0.3 is 10.8 Å². The van der Waals surface area contributed by atoms with Crippen molar-refractivity contribution < 1.29 is 5.11 Å². The fourth-order valence-corrected chi connectivity index (χ4v) is 3.10. The predicted octanol–water partition coefficient (Wildman–Crippen LogP) is 7.76. The zero-order chi connectivity index (χ0) is 20.3. The van der Waals surface area contributed by atoms with Crippen LogP contribution < -0.4 is 5.73 Å². The number of rotatable bonds is 20. The first-order valence-electron chi connectivity index (χ1n) is 11.8. The molecule has 0 aromatic rings. The second-order valence-electron chi connectivity index (χ2n) is 7.55. The van der Waals surface area contributed by atoms with Gasteiger partial charge in [0.2, 0.25) is 0 Å². The third kappa shape index (κ3) is 33.9. The van der Waals surface area contributed by atoms with Gasteiger partial charge in [0.1, 0.15) is 0 Å².